The number of hydrogen-bond donors (Lipinski definition) is 0. The molecule has 30 heavy (non-hydrogen) atoms. The van der Waals surface area contributed by atoms with Gasteiger partial charge in [0.05, 0.1) is 25.5 Å². The Bertz CT molecular complexity index is 1120. The Hall–Kier alpha value is -4.06. The van der Waals surface area contributed by atoms with Crippen molar-refractivity contribution < 1.29 is 0 Å². The van der Waals surface area contributed by atoms with E-state index in [1.165, 1.54) is 11.1 Å². The molecule has 0 amide bonds. The van der Waals surface area contributed by atoms with Gasteiger partial charge in [0.25, 0.3) is 0 Å². The van der Waals surface area contributed by atoms with E-state index in [0.717, 1.165) is 35.3 Å². The lowest BCUT2D eigenvalue weighted by atomic mass is 10.1. The molecule has 6 nitrogen and oxygen atoms in total. The van der Waals surface area contributed by atoms with E-state index in [1.807, 2.05) is 46.0 Å². The molecule has 0 aliphatic rings. The molecule has 4 heterocycles. The van der Waals surface area contributed by atoms with Crippen LogP contribution in [0.15, 0.2) is 98.1 Å². The average molecular weight is 392 g/mol. The maximum absolute atomic E-state index is 4.49. The first-order valence-corrected chi connectivity index (χ1v) is 9.77. The van der Waals surface area contributed by atoms with Gasteiger partial charge in [-0.05, 0) is 46.5 Å². The zero-order valence-corrected chi connectivity index (χ0v) is 16.3. The maximum Gasteiger partial charge on any atom is 0.0659 e. The molecule has 0 spiro atoms. The van der Waals surface area contributed by atoms with Crippen LogP contribution >= 0.6 is 0 Å². The predicted octanol–water partition coefficient (Wildman–Crippen LogP) is 4.30. The largest absolute Gasteiger partial charge is 0.268 e. The average Bonchev–Trinajstić information content (AvgIpc) is 3.46. The van der Waals surface area contributed by atoms with Crippen molar-refractivity contribution in [2.45, 2.75) is 13.1 Å². The van der Waals surface area contributed by atoms with Crippen LogP contribution in [0.1, 0.15) is 11.1 Å². The summed E-state index contributed by atoms with van der Waals surface area (Å²) in [6.07, 6.45) is 15.1. The van der Waals surface area contributed by atoms with Crippen molar-refractivity contribution in [2.75, 3.05) is 0 Å². The highest BCUT2D eigenvalue weighted by Crippen LogP contribution is 2.19. The first-order valence-electron chi connectivity index (χ1n) is 9.77. The van der Waals surface area contributed by atoms with Gasteiger partial charge in [0.15, 0.2) is 0 Å². The standard InChI is InChI=1S/C24H20N6/c1-2-20(16-30-18-24(14-28-30)22-7-11-26-12-8-22)4-3-19(1)15-29-17-23(13-27-29)21-5-9-25-10-6-21/h1-14,17-18H,15-16H2. The molecule has 6 heteroatoms. The van der Waals surface area contributed by atoms with Gasteiger partial charge in [-0.3, -0.25) is 19.3 Å². The Labute approximate surface area is 174 Å². The summed E-state index contributed by atoms with van der Waals surface area (Å²) in [5.74, 6) is 0. The van der Waals surface area contributed by atoms with Crippen LogP contribution in [0.5, 0.6) is 0 Å². The molecule has 0 saturated heterocycles. The molecule has 0 atom stereocenters. The van der Waals surface area contributed by atoms with Gasteiger partial charge in [0, 0.05) is 48.3 Å². The van der Waals surface area contributed by atoms with Gasteiger partial charge in [0.1, 0.15) is 0 Å². The number of rotatable bonds is 6. The van der Waals surface area contributed by atoms with Crippen molar-refractivity contribution in [3.8, 4) is 22.3 Å². The van der Waals surface area contributed by atoms with Gasteiger partial charge in [-0.25, -0.2) is 0 Å². The summed E-state index contributed by atoms with van der Waals surface area (Å²) in [6.45, 7) is 1.47. The topological polar surface area (TPSA) is 61.4 Å². The third kappa shape index (κ3) is 4.03. The normalized spacial score (nSPS) is 10.9. The Morgan fingerprint density at radius 2 is 0.900 bits per heavy atom. The lowest BCUT2D eigenvalue weighted by molar-refractivity contribution is 0.679. The highest BCUT2D eigenvalue weighted by Gasteiger charge is 2.04. The van der Waals surface area contributed by atoms with E-state index in [-0.39, 0.29) is 0 Å². The van der Waals surface area contributed by atoms with Gasteiger partial charge < -0.3 is 0 Å². The molecule has 0 aliphatic carbocycles. The SMILES string of the molecule is c1cc(-c2cnn(Cc3ccc(Cn4cc(-c5ccncc5)cn4)cc3)c2)ccn1. The second-order valence-electron chi connectivity index (χ2n) is 7.14. The Morgan fingerprint density at radius 3 is 1.30 bits per heavy atom. The highest BCUT2D eigenvalue weighted by molar-refractivity contribution is 5.61. The molecular formula is C24H20N6. The summed E-state index contributed by atoms with van der Waals surface area (Å²) in [5, 5.41) is 8.97. The molecule has 0 N–H and O–H groups in total. The highest BCUT2D eigenvalue weighted by atomic mass is 15.3. The van der Waals surface area contributed by atoms with Crippen molar-refractivity contribution in [3.05, 3.63) is 109 Å². The maximum atomic E-state index is 4.49. The van der Waals surface area contributed by atoms with E-state index >= 15 is 0 Å². The van der Waals surface area contributed by atoms with Gasteiger partial charge in [-0.15, -0.1) is 0 Å². The third-order valence-corrected chi connectivity index (χ3v) is 5.01. The molecule has 0 unspecified atom stereocenters. The smallest absolute Gasteiger partial charge is 0.0659 e. The molecule has 0 bridgehead atoms. The van der Waals surface area contributed by atoms with E-state index < -0.39 is 0 Å². The third-order valence-electron chi connectivity index (χ3n) is 5.01. The molecular weight excluding hydrogens is 372 g/mol. The zero-order chi connectivity index (χ0) is 20.2. The van der Waals surface area contributed by atoms with Crippen LogP contribution in [0.3, 0.4) is 0 Å². The quantitative estimate of drug-likeness (QED) is 0.432. The summed E-state index contributed by atoms with van der Waals surface area (Å²) in [7, 11) is 0. The van der Waals surface area contributed by atoms with Gasteiger partial charge in [0.2, 0.25) is 0 Å². The minimum atomic E-state index is 0.735. The number of benzene rings is 1. The summed E-state index contributed by atoms with van der Waals surface area (Å²) in [4.78, 5) is 8.13. The Morgan fingerprint density at radius 1 is 0.500 bits per heavy atom. The molecule has 0 saturated carbocycles. The first kappa shape index (κ1) is 18.0. The molecule has 0 radical (unpaired) electrons. The van der Waals surface area contributed by atoms with Crippen molar-refractivity contribution in [1.29, 1.82) is 0 Å². The minimum Gasteiger partial charge on any atom is -0.268 e. The van der Waals surface area contributed by atoms with Crippen molar-refractivity contribution in [3.63, 3.8) is 0 Å². The first-order chi connectivity index (χ1) is 14.8. The summed E-state index contributed by atoms with van der Waals surface area (Å²) < 4.78 is 3.92. The second-order valence-corrected chi connectivity index (χ2v) is 7.14. The second kappa shape index (κ2) is 8.13. The van der Waals surface area contributed by atoms with Crippen molar-refractivity contribution in [2.24, 2.45) is 0 Å². The number of hydrogen-bond acceptors (Lipinski definition) is 4. The van der Waals surface area contributed by atoms with Crippen molar-refractivity contribution in [1.82, 2.24) is 29.5 Å². The minimum absolute atomic E-state index is 0.735. The monoisotopic (exact) mass is 392 g/mol. The van der Waals surface area contributed by atoms with Crippen LogP contribution in [0.2, 0.25) is 0 Å². The van der Waals surface area contributed by atoms with Gasteiger partial charge >= 0.3 is 0 Å². The fourth-order valence-corrected chi connectivity index (χ4v) is 3.41. The molecule has 5 rings (SSSR count). The number of aromatic nitrogens is 6. The van der Waals surface area contributed by atoms with Crippen LogP contribution in [-0.4, -0.2) is 29.5 Å². The fraction of sp³-hybridized carbons (Fsp3) is 0.0833. The molecule has 5 aromatic rings. The van der Waals surface area contributed by atoms with E-state index in [1.54, 1.807) is 24.8 Å². The predicted molar refractivity (Wildman–Crippen MR) is 116 cm³/mol. The van der Waals surface area contributed by atoms with Gasteiger partial charge in [-0.2, -0.15) is 10.2 Å². The van der Waals surface area contributed by atoms with E-state index in [9.17, 15) is 0 Å². The summed E-state index contributed by atoms with van der Waals surface area (Å²) in [5.41, 5.74) is 6.85. The van der Waals surface area contributed by atoms with Crippen molar-refractivity contribution >= 4 is 0 Å². The number of pyridine rings is 2. The molecule has 1 aromatic carbocycles. The summed E-state index contributed by atoms with van der Waals surface area (Å²) in [6, 6.07) is 16.6. The number of nitrogens with zero attached hydrogens (tertiary/aromatic N) is 6. The zero-order valence-electron chi connectivity index (χ0n) is 16.3. The van der Waals surface area contributed by atoms with Crippen LogP contribution in [0.25, 0.3) is 22.3 Å². The molecule has 146 valence electrons. The van der Waals surface area contributed by atoms with Crippen LogP contribution in [-0.2, 0) is 13.1 Å². The van der Waals surface area contributed by atoms with E-state index in [0.29, 0.717) is 0 Å². The molecule has 0 aliphatic heterocycles. The van der Waals surface area contributed by atoms with E-state index in [4.69, 9.17) is 0 Å². The fourth-order valence-electron chi connectivity index (χ4n) is 3.41. The van der Waals surface area contributed by atoms with Crippen LogP contribution in [0, 0.1) is 0 Å². The van der Waals surface area contributed by atoms with Gasteiger partial charge in [-0.1, -0.05) is 24.3 Å². The lowest BCUT2D eigenvalue weighted by Gasteiger charge is -2.05. The van der Waals surface area contributed by atoms with Crippen LogP contribution < -0.4 is 0 Å². The lowest BCUT2D eigenvalue weighted by Crippen LogP contribution is -2.02. The Kier molecular flexibility index (Phi) is 4.88. The van der Waals surface area contributed by atoms with Crippen LogP contribution in [0.4, 0.5) is 0 Å². The van der Waals surface area contributed by atoms with E-state index in [2.05, 4.69) is 56.8 Å². The molecule has 0 fully saturated rings. The summed E-state index contributed by atoms with van der Waals surface area (Å²) >= 11 is 0. The molecule has 4 aromatic heterocycles. The Balaban J connectivity index is 1.24.